The molecule has 9 heteroatoms. The molecule has 2 N–H and O–H groups in total. The number of aryl methyl sites for hydroxylation is 2. The highest BCUT2D eigenvalue weighted by Gasteiger charge is 2.17. The average molecular weight is 394 g/mol. The Labute approximate surface area is 160 Å². The molecule has 0 radical (unpaired) electrons. The van der Waals surface area contributed by atoms with Gasteiger partial charge in [0.05, 0.1) is 16.4 Å². The van der Waals surface area contributed by atoms with E-state index in [0.717, 1.165) is 21.7 Å². The maximum Gasteiger partial charge on any atom is 0.259 e. The number of thiophene rings is 1. The lowest BCUT2D eigenvalue weighted by atomic mass is 10.2. The molecular formula is C17H23N5O2S2. The molecule has 7 nitrogen and oxygen atoms in total. The van der Waals surface area contributed by atoms with Crippen LogP contribution in [-0.2, 0) is 12.2 Å². The van der Waals surface area contributed by atoms with Gasteiger partial charge in [0.15, 0.2) is 5.82 Å². The van der Waals surface area contributed by atoms with Crippen LogP contribution in [0.1, 0.15) is 47.1 Å². The summed E-state index contributed by atoms with van der Waals surface area (Å²) < 4.78 is 5.37. The van der Waals surface area contributed by atoms with Gasteiger partial charge in [-0.1, -0.05) is 5.16 Å². The number of aromatic amines is 1. The number of aromatic nitrogens is 4. The SMILES string of the molecule is CNC(C)Cc1noc(C(C)SCc2nc3sc(C)c(C)c3c(=O)[nH]2)n1. The van der Waals surface area contributed by atoms with Crippen LogP contribution in [-0.4, -0.2) is 33.2 Å². The van der Waals surface area contributed by atoms with E-state index in [1.54, 1.807) is 23.1 Å². The summed E-state index contributed by atoms with van der Waals surface area (Å²) >= 11 is 3.17. The van der Waals surface area contributed by atoms with Crippen LogP contribution < -0.4 is 10.9 Å². The summed E-state index contributed by atoms with van der Waals surface area (Å²) in [6, 6.07) is 0.294. The lowest BCUT2D eigenvalue weighted by molar-refractivity contribution is 0.373. The van der Waals surface area contributed by atoms with Gasteiger partial charge in [0, 0.05) is 17.3 Å². The lowest BCUT2D eigenvalue weighted by Crippen LogP contribution is -2.24. The Hall–Kier alpha value is -1.71. The maximum atomic E-state index is 12.3. The minimum atomic E-state index is -0.0683. The van der Waals surface area contributed by atoms with Gasteiger partial charge >= 0.3 is 0 Å². The minimum absolute atomic E-state index is 0.0222. The predicted molar refractivity (Wildman–Crippen MR) is 106 cm³/mol. The topological polar surface area (TPSA) is 96.7 Å². The van der Waals surface area contributed by atoms with E-state index in [9.17, 15) is 4.79 Å². The van der Waals surface area contributed by atoms with Gasteiger partial charge in [-0.3, -0.25) is 4.79 Å². The van der Waals surface area contributed by atoms with Gasteiger partial charge in [0.25, 0.3) is 5.56 Å². The van der Waals surface area contributed by atoms with E-state index < -0.39 is 0 Å². The van der Waals surface area contributed by atoms with Crippen LogP contribution in [0.3, 0.4) is 0 Å². The Morgan fingerprint density at radius 2 is 2.08 bits per heavy atom. The molecule has 0 aliphatic rings. The first-order valence-corrected chi connectivity index (χ1v) is 10.4. The maximum absolute atomic E-state index is 12.3. The third-order valence-corrected chi connectivity index (χ3v) is 6.61. The fourth-order valence-corrected chi connectivity index (χ4v) is 4.37. The van der Waals surface area contributed by atoms with E-state index in [2.05, 4.69) is 32.3 Å². The van der Waals surface area contributed by atoms with Crippen molar-refractivity contribution in [3.8, 4) is 0 Å². The van der Waals surface area contributed by atoms with E-state index in [-0.39, 0.29) is 10.8 Å². The molecule has 3 rings (SSSR count). The summed E-state index contributed by atoms with van der Waals surface area (Å²) in [5, 5.41) is 7.92. The Bertz CT molecular complexity index is 962. The zero-order chi connectivity index (χ0) is 18.8. The van der Waals surface area contributed by atoms with Crippen LogP contribution in [0.5, 0.6) is 0 Å². The first-order valence-electron chi connectivity index (χ1n) is 8.49. The van der Waals surface area contributed by atoms with Crippen molar-refractivity contribution in [1.82, 2.24) is 25.4 Å². The summed E-state index contributed by atoms with van der Waals surface area (Å²) in [7, 11) is 1.91. The van der Waals surface area contributed by atoms with E-state index in [4.69, 9.17) is 4.52 Å². The van der Waals surface area contributed by atoms with E-state index in [1.807, 2.05) is 27.8 Å². The summed E-state index contributed by atoms with van der Waals surface area (Å²) in [5.74, 6) is 2.54. The Kier molecular flexibility index (Phi) is 5.79. The van der Waals surface area contributed by atoms with E-state index in [1.165, 1.54) is 0 Å². The highest BCUT2D eigenvalue weighted by Crippen LogP contribution is 2.30. The van der Waals surface area contributed by atoms with Crippen molar-refractivity contribution in [3.63, 3.8) is 0 Å². The number of hydrogen-bond donors (Lipinski definition) is 2. The molecule has 0 amide bonds. The number of thioether (sulfide) groups is 1. The van der Waals surface area contributed by atoms with E-state index in [0.29, 0.717) is 34.7 Å². The van der Waals surface area contributed by atoms with Crippen molar-refractivity contribution in [2.24, 2.45) is 0 Å². The second-order valence-electron chi connectivity index (χ2n) is 6.37. The number of H-pyrrole nitrogens is 1. The number of fused-ring (bicyclic) bond motifs is 1. The first-order chi connectivity index (χ1) is 12.4. The summed E-state index contributed by atoms with van der Waals surface area (Å²) in [6.07, 6.45) is 0.722. The van der Waals surface area contributed by atoms with Crippen LogP contribution in [0.15, 0.2) is 9.32 Å². The molecule has 3 heterocycles. The second-order valence-corrected chi connectivity index (χ2v) is 8.90. The quantitative estimate of drug-likeness (QED) is 0.636. The molecular weight excluding hydrogens is 370 g/mol. The number of likely N-dealkylation sites (N-methyl/N-ethyl adjacent to an activating group) is 1. The highest BCUT2D eigenvalue weighted by atomic mass is 32.2. The van der Waals surface area contributed by atoms with Gasteiger partial charge in [0.1, 0.15) is 10.7 Å². The molecule has 0 bridgehead atoms. The number of nitrogens with one attached hydrogen (secondary N) is 2. The monoisotopic (exact) mass is 393 g/mol. The number of nitrogens with zero attached hydrogens (tertiary/aromatic N) is 3. The summed E-state index contributed by atoms with van der Waals surface area (Å²) in [6.45, 7) is 8.06. The second kappa shape index (κ2) is 7.89. The molecule has 26 heavy (non-hydrogen) atoms. The molecule has 0 spiro atoms. The van der Waals surface area contributed by atoms with Crippen molar-refractivity contribution in [2.75, 3.05) is 7.05 Å². The van der Waals surface area contributed by atoms with Gasteiger partial charge in [-0.25, -0.2) is 4.98 Å². The van der Waals surface area contributed by atoms with Gasteiger partial charge in [-0.15, -0.1) is 23.1 Å². The smallest absolute Gasteiger partial charge is 0.259 e. The number of rotatable bonds is 7. The van der Waals surface area contributed by atoms with Gasteiger partial charge in [0.2, 0.25) is 5.89 Å². The van der Waals surface area contributed by atoms with Crippen LogP contribution in [0.2, 0.25) is 0 Å². The Balaban J connectivity index is 1.69. The first kappa shape index (κ1) is 19.1. The Morgan fingerprint density at radius 3 is 2.81 bits per heavy atom. The van der Waals surface area contributed by atoms with Crippen LogP contribution in [0, 0.1) is 13.8 Å². The third-order valence-electron chi connectivity index (χ3n) is 4.37. The normalized spacial score (nSPS) is 14.0. The fourth-order valence-electron chi connectivity index (χ4n) is 2.53. The molecule has 2 atom stereocenters. The van der Waals surface area contributed by atoms with Gasteiger partial charge < -0.3 is 14.8 Å². The molecule has 2 unspecified atom stereocenters. The Morgan fingerprint density at radius 1 is 1.31 bits per heavy atom. The van der Waals surface area contributed by atoms with Gasteiger partial charge in [-0.05, 0) is 40.3 Å². The molecule has 3 aromatic heterocycles. The zero-order valence-corrected chi connectivity index (χ0v) is 17.2. The van der Waals surface area contributed by atoms with Crippen LogP contribution in [0.4, 0.5) is 0 Å². The average Bonchev–Trinajstić information content (AvgIpc) is 3.17. The lowest BCUT2D eigenvalue weighted by Gasteiger charge is -2.06. The van der Waals surface area contributed by atoms with Gasteiger partial charge in [-0.2, -0.15) is 4.98 Å². The number of hydrogen-bond acceptors (Lipinski definition) is 8. The largest absolute Gasteiger partial charge is 0.338 e. The zero-order valence-electron chi connectivity index (χ0n) is 15.5. The molecule has 0 saturated carbocycles. The standard InChI is InChI=1S/C17H23N5O2S2/c1-8(18-5)6-12-20-16(24-22-12)11(4)25-7-13-19-15(23)14-9(2)10(3)26-17(14)21-13/h8,11,18H,6-7H2,1-5H3,(H,19,21,23). The third kappa shape index (κ3) is 3.99. The van der Waals surface area contributed by atoms with Crippen LogP contribution >= 0.6 is 23.1 Å². The van der Waals surface area contributed by atoms with Crippen molar-refractivity contribution in [1.29, 1.82) is 0 Å². The molecule has 140 valence electrons. The fraction of sp³-hybridized carbons (Fsp3) is 0.529. The molecule has 0 aromatic carbocycles. The summed E-state index contributed by atoms with van der Waals surface area (Å²) in [5.41, 5.74) is 0.946. The molecule has 0 fully saturated rings. The summed E-state index contributed by atoms with van der Waals surface area (Å²) in [4.78, 5) is 26.2. The van der Waals surface area contributed by atoms with Crippen LogP contribution in [0.25, 0.3) is 10.2 Å². The molecule has 3 aromatic rings. The van der Waals surface area contributed by atoms with E-state index >= 15 is 0 Å². The predicted octanol–water partition coefficient (Wildman–Crippen LogP) is 3.13. The van der Waals surface area contributed by atoms with Crippen molar-refractivity contribution < 1.29 is 4.52 Å². The molecule has 0 aliphatic carbocycles. The minimum Gasteiger partial charge on any atom is -0.338 e. The highest BCUT2D eigenvalue weighted by molar-refractivity contribution is 7.98. The van der Waals surface area contributed by atoms with Crippen molar-refractivity contribution in [3.05, 3.63) is 38.3 Å². The molecule has 0 aliphatic heterocycles. The van der Waals surface area contributed by atoms with Crippen molar-refractivity contribution >= 4 is 33.3 Å². The molecule has 0 saturated heterocycles. The van der Waals surface area contributed by atoms with Crippen molar-refractivity contribution in [2.45, 2.75) is 51.2 Å².